The fourth-order valence-electron chi connectivity index (χ4n) is 3.20. The molecule has 4 nitrogen and oxygen atoms in total. The Hall–Kier alpha value is -1.40. The molecule has 0 amide bonds. The van der Waals surface area contributed by atoms with Gasteiger partial charge in [-0.25, -0.2) is 0 Å². The quantitative estimate of drug-likeness (QED) is 0.558. The molecule has 0 spiro atoms. The lowest BCUT2D eigenvalue weighted by Crippen LogP contribution is -2.33. The maximum Gasteiger partial charge on any atom is 0.257 e. The van der Waals surface area contributed by atoms with E-state index in [9.17, 15) is 0 Å². The average molecular weight is 394 g/mol. The van der Waals surface area contributed by atoms with Gasteiger partial charge in [0.25, 0.3) is 5.89 Å². The fraction of sp³-hybridized carbons (Fsp3) is 0.333. The molecule has 0 radical (unpaired) electrons. The van der Waals surface area contributed by atoms with Crippen molar-refractivity contribution in [3.63, 3.8) is 0 Å². The molecule has 1 unspecified atom stereocenters. The van der Waals surface area contributed by atoms with Crippen LogP contribution in [0.3, 0.4) is 0 Å². The van der Waals surface area contributed by atoms with Crippen LogP contribution in [0.15, 0.2) is 40.1 Å². The molecule has 0 saturated carbocycles. The van der Waals surface area contributed by atoms with Crippen LogP contribution in [0, 0.1) is 0 Å². The van der Waals surface area contributed by atoms with Gasteiger partial charge in [0.05, 0.1) is 21.0 Å². The van der Waals surface area contributed by atoms with Crippen molar-refractivity contribution in [3.05, 3.63) is 57.2 Å². The third-order valence-electron chi connectivity index (χ3n) is 4.44. The van der Waals surface area contributed by atoms with Crippen molar-refractivity contribution in [3.8, 4) is 10.8 Å². The van der Waals surface area contributed by atoms with Gasteiger partial charge in [0.1, 0.15) is 0 Å². The number of hydrogen-bond donors (Lipinski definition) is 0. The van der Waals surface area contributed by atoms with Gasteiger partial charge in [-0.3, -0.25) is 4.90 Å². The molecule has 3 heterocycles. The molecule has 1 atom stereocenters. The van der Waals surface area contributed by atoms with Gasteiger partial charge >= 0.3 is 0 Å². The lowest BCUT2D eigenvalue weighted by Gasteiger charge is -2.33. The molecule has 3 aromatic rings. The summed E-state index contributed by atoms with van der Waals surface area (Å²) < 4.78 is 5.98. The van der Waals surface area contributed by atoms with E-state index < -0.39 is 0 Å². The maximum atomic E-state index is 6.16. The van der Waals surface area contributed by atoms with Crippen molar-refractivity contribution in [1.82, 2.24) is 15.1 Å². The first-order valence-corrected chi connectivity index (χ1v) is 9.89. The molecule has 0 bridgehead atoms. The molecule has 2 aromatic heterocycles. The van der Waals surface area contributed by atoms with E-state index in [0.717, 1.165) is 30.0 Å². The fourth-order valence-corrected chi connectivity index (χ4v) is 4.17. The summed E-state index contributed by atoms with van der Waals surface area (Å²) in [7, 11) is 0. The minimum absolute atomic E-state index is 0.143. The summed E-state index contributed by atoms with van der Waals surface area (Å²) in [5, 5.41) is 11.7. The number of piperidine rings is 1. The first-order valence-electron chi connectivity index (χ1n) is 8.26. The molecule has 1 fully saturated rings. The van der Waals surface area contributed by atoms with E-state index in [0.29, 0.717) is 21.8 Å². The average Bonchev–Trinajstić information content (AvgIpc) is 3.30. The molecule has 130 valence electrons. The van der Waals surface area contributed by atoms with Gasteiger partial charge in [0.15, 0.2) is 0 Å². The zero-order chi connectivity index (χ0) is 17.2. The maximum absolute atomic E-state index is 6.16. The van der Waals surface area contributed by atoms with Crippen LogP contribution in [-0.2, 0) is 6.54 Å². The number of hydrogen-bond acceptors (Lipinski definition) is 5. The molecular formula is C18H17Cl2N3OS. The topological polar surface area (TPSA) is 42.2 Å². The second-order valence-electron chi connectivity index (χ2n) is 6.15. The number of likely N-dealkylation sites (tertiary alicyclic amines) is 1. The summed E-state index contributed by atoms with van der Waals surface area (Å²) in [5.74, 6) is 1.30. The van der Waals surface area contributed by atoms with E-state index in [1.807, 2.05) is 35.7 Å². The number of rotatable bonds is 4. The summed E-state index contributed by atoms with van der Waals surface area (Å²) in [6.45, 7) is 1.79. The first-order chi connectivity index (χ1) is 12.2. The van der Waals surface area contributed by atoms with Gasteiger partial charge in [-0.05, 0) is 48.5 Å². The number of benzene rings is 1. The molecule has 7 heteroatoms. The van der Waals surface area contributed by atoms with Gasteiger partial charge in [0.2, 0.25) is 5.89 Å². The zero-order valence-electron chi connectivity index (χ0n) is 13.5. The third-order valence-corrected chi connectivity index (χ3v) is 6.04. The van der Waals surface area contributed by atoms with Crippen molar-refractivity contribution in [2.45, 2.75) is 31.8 Å². The van der Waals surface area contributed by atoms with Gasteiger partial charge in [-0.1, -0.05) is 41.8 Å². The molecule has 1 saturated heterocycles. The van der Waals surface area contributed by atoms with Crippen LogP contribution < -0.4 is 0 Å². The lowest BCUT2D eigenvalue weighted by atomic mass is 10.0. The van der Waals surface area contributed by atoms with E-state index in [1.165, 1.54) is 12.8 Å². The summed E-state index contributed by atoms with van der Waals surface area (Å²) in [4.78, 5) is 3.39. The summed E-state index contributed by atoms with van der Waals surface area (Å²) in [6, 6.07) is 9.92. The van der Waals surface area contributed by atoms with Crippen molar-refractivity contribution >= 4 is 34.5 Å². The van der Waals surface area contributed by atoms with E-state index in [1.54, 1.807) is 11.3 Å². The van der Waals surface area contributed by atoms with Gasteiger partial charge < -0.3 is 4.42 Å². The second kappa shape index (κ2) is 7.46. The van der Waals surface area contributed by atoms with Crippen molar-refractivity contribution in [1.29, 1.82) is 0 Å². The van der Waals surface area contributed by atoms with Crippen LogP contribution in [0.5, 0.6) is 0 Å². The van der Waals surface area contributed by atoms with Crippen LogP contribution in [0.4, 0.5) is 0 Å². The highest BCUT2D eigenvalue weighted by Gasteiger charge is 2.29. The Bertz CT molecular complexity index is 850. The Kier molecular flexibility index (Phi) is 5.08. The zero-order valence-corrected chi connectivity index (χ0v) is 15.8. The van der Waals surface area contributed by atoms with E-state index in [2.05, 4.69) is 15.1 Å². The highest BCUT2D eigenvalue weighted by atomic mass is 35.5. The Labute approximate surface area is 160 Å². The molecule has 4 rings (SSSR count). The number of nitrogens with zero attached hydrogens (tertiary/aromatic N) is 3. The molecule has 1 aliphatic rings. The molecule has 0 aliphatic carbocycles. The van der Waals surface area contributed by atoms with E-state index in [-0.39, 0.29) is 6.04 Å². The molecule has 0 N–H and O–H groups in total. The SMILES string of the molecule is Clc1ccc(CN2CCCCC2c2nnc(-c3cccs3)o2)cc1Cl. The standard InChI is InChI=1S/C18H17Cl2N3OS/c19-13-7-6-12(10-14(13)20)11-23-8-2-1-4-15(23)17-21-22-18(24-17)16-5-3-9-25-16/h3,5-7,9-10,15H,1-2,4,8,11H2. The number of aromatic nitrogens is 2. The largest absolute Gasteiger partial charge is 0.418 e. The Morgan fingerprint density at radius 1 is 1.16 bits per heavy atom. The molecule has 1 aromatic carbocycles. The van der Waals surface area contributed by atoms with Crippen LogP contribution in [0.2, 0.25) is 10.0 Å². The molecule has 25 heavy (non-hydrogen) atoms. The van der Waals surface area contributed by atoms with Crippen LogP contribution in [0.25, 0.3) is 10.8 Å². The van der Waals surface area contributed by atoms with Crippen molar-refractivity contribution in [2.24, 2.45) is 0 Å². The van der Waals surface area contributed by atoms with E-state index in [4.69, 9.17) is 27.6 Å². The van der Waals surface area contributed by atoms with Crippen molar-refractivity contribution in [2.75, 3.05) is 6.54 Å². The number of thiophene rings is 1. The monoisotopic (exact) mass is 393 g/mol. The molecular weight excluding hydrogens is 377 g/mol. The first kappa shape index (κ1) is 17.0. The van der Waals surface area contributed by atoms with Gasteiger partial charge in [-0.2, -0.15) is 0 Å². The third kappa shape index (κ3) is 3.75. The minimum Gasteiger partial charge on any atom is -0.418 e. The van der Waals surface area contributed by atoms with E-state index >= 15 is 0 Å². The Morgan fingerprint density at radius 3 is 2.88 bits per heavy atom. The summed E-state index contributed by atoms with van der Waals surface area (Å²) >= 11 is 13.8. The predicted molar refractivity (Wildman–Crippen MR) is 101 cm³/mol. The lowest BCUT2D eigenvalue weighted by molar-refractivity contribution is 0.118. The number of halogens is 2. The Balaban J connectivity index is 1.55. The van der Waals surface area contributed by atoms with Crippen LogP contribution in [-0.4, -0.2) is 21.6 Å². The second-order valence-corrected chi connectivity index (χ2v) is 7.92. The molecule has 1 aliphatic heterocycles. The van der Waals surface area contributed by atoms with Crippen molar-refractivity contribution < 1.29 is 4.42 Å². The Morgan fingerprint density at radius 2 is 2.08 bits per heavy atom. The minimum atomic E-state index is 0.143. The highest BCUT2D eigenvalue weighted by molar-refractivity contribution is 7.13. The summed E-state index contributed by atoms with van der Waals surface area (Å²) in [5.41, 5.74) is 1.14. The summed E-state index contributed by atoms with van der Waals surface area (Å²) in [6.07, 6.45) is 3.36. The highest BCUT2D eigenvalue weighted by Crippen LogP contribution is 2.34. The predicted octanol–water partition coefficient (Wildman–Crippen LogP) is 5.83. The van der Waals surface area contributed by atoms with Crippen LogP contribution >= 0.6 is 34.5 Å². The van der Waals surface area contributed by atoms with Gasteiger partial charge in [0, 0.05) is 6.54 Å². The smallest absolute Gasteiger partial charge is 0.257 e. The van der Waals surface area contributed by atoms with Gasteiger partial charge in [-0.15, -0.1) is 21.5 Å². The van der Waals surface area contributed by atoms with Crippen LogP contribution in [0.1, 0.15) is 36.8 Å². The normalized spacial score (nSPS) is 18.6.